The minimum atomic E-state index is 0.813. The number of rotatable bonds is 2. The van der Waals surface area contributed by atoms with Gasteiger partial charge in [-0.3, -0.25) is 4.99 Å². The zero-order valence-corrected chi connectivity index (χ0v) is 11.6. The first-order valence-corrected chi connectivity index (χ1v) is 7.09. The number of hydrogen-bond donors (Lipinski definition) is 1. The fourth-order valence-electron chi connectivity index (χ4n) is 1.42. The molecule has 0 unspecified atom stereocenters. The van der Waals surface area contributed by atoms with Crippen molar-refractivity contribution in [2.45, 2.75) is 19.9 Å². The Labute approximate surface area is 108 Å². The monoisotopic (exact) mass is 332 g/mol. The van der Waals surface area contributed by atoms with Crippen molar-refractivity contribution in [3.63, 3.8) is 0 Å². The van der Waals surface area contributed by atoms with Gasteiger partial charge in [-0.25, -0.2) is 0 Å². The quantitative estimate of drug-likeness (QED) is 0.835. The van der Waals surface area contributed by atoms with Gasteiger partial charge in [0, 0.05) is 20.6 Å². The maximum Gasteiger partial charge on any atom is 0.161 e. The molecule has 1 heterocycles. The van der Waals surface area contributed by atoms with Gasteiger partial charge in [0.1, 0.15) is 0 Å². The molecule has 0 saturated heterocycles. The molecule has 80 valence electrons. The molecule has 15 heavy (non-hydrogen) atoms. The number of anilines is 1. The Hall–Kier alpha value is -0.230. The summed E-state index contributed by atoms with van der Waals surface area (Å²) in [6.45, 7) is 3.00. The molecule has 0 amide bonds. The van der Waals surface area contributed by atoms with Crippen LogP contribution < -0.4 is 5.32 Å². The lowest BCUT2D eigenvalue weighted by atomic mass is 10.1. The molecule has 1 aliphatic heterocycles. The molecule has 0 atom stereocenters. The van der Waals surface area contributed by atoms with E-state index in [0.717, 1.165) is 17.5 Å². The van der Waals surface area contributed by atoms with Crippen LogP contribution in [0.15, 0.2) is 23.2 Å². The molecule has 4 heteroatoms. The SMILES string of the molecule is CCCSC1=NCc2c(I)cccc2N1. The number of fused-ring (bicyclic) bond motifs is 1. The number of halogens is 1. The van der Waals surface area contributed by atoms with Gasteiger partial charge in [0.15, 0.2) is 5.17 Å². The molecule has 2 rings (SSSR count). The Morgan fingerprint density at radius 3 is 3.20 bits per heavy atom. The minimum absolute atomic E-state index is 0.813. The third-order valence-corrected chi connectivity index (χ3v) is 4.31. The zero-order valence-electron chi connectivity index (χ0n) is 8.59. The van der Waals surface area contributed by atoms with Crippen LogP contribution in [0.4, 0.5) is 5.69 Å². The van der Waals surface area contributed by atoms with Crippen LogP contribution >= 0.6 is 34.4 Å². The van der Waals surface area contributed by atoms with Crippen LogP contribution in [0.1, 0.15) is 18.9 Å². The average Bonchev–Trinajstić information content (AvgIpc) is 2.26. The van der Waals surface area contributed by atoms with E-state index in [1.165, 1.54) is 21.2 Å². The Morgan fingerprint density at radius 2 is 2.40 bits per heavy atom. The topological polar surface area (TPSA) is 24.4 Å². The normalized spacial score (nSPS) is 14.1. The largest absolute Gasteiger partial charge is 0.335 e. The Morgan fingerprint density at radius 1 is 1.53 bits per heavy atom. The lowest BCUT2D eigenvalue weighted by molar-refractivity contribution is 1.05. The van der Waals surface area contributed by atoms with Gasteiger partial charge in [-0.2, -0.15) is 0 Å². The standard InChI is InChI=1S/C11H13IN2S/c1-2-6-15-11-13-7-8-9(12)4-3-5-10(8)14-11/h3-5H,2,6-7H2,1H3,(H,13,14). The first kappa shape index (κ1) is 11.3. The molecule has 2 nitrogen and oxygen atoms in total. The van der Waals surface area contributed by atoms with Gasteiger partial charge < -0.3 is 5.32 Å². The number of nitrogens with one attached hydrogen (secondary N) is 1. The summed E-state index contributed by atoms with van der Waals surface area (Å²) in [5.74, 6) is 1.13. The van der Waals surface area contributed by atoms with Gasteiger partial charge in [0.05, 0.1) is 6.54 Å². The molecule has 1 aromatic carbocycles. The fourth-order valence-corrected chi connectivity index (χ4v) is 2.83. The second-order valence-corrected chi connectivity index (χ2v) is 5.61. The van der Waals surface area contributed by atoms with E-state index in [-0.39, 0.29) is 0 Å². The molecule has 1 aromatic rings. The van der Waals surface area contributed by atoms with E-state index >= 15 is 0 Å². The van der Waals surface area contributed by atoms with Crippen LogP contribution in [0.3, 0.4) is 0 Å². The van der Waals surface area contributed by atoms with E-state index in [9.17, 15) is 0 Å². The number of thioether (sulfide) groups is 1. The Kier molecular flexibility index (Phi) is 3.91. The Bertz CT molecular complexity index is 390. The van der Waals surface area contributed by atoms with Gasteiger partial charge in [-0.05, 0) is 41.1 Å². The number of amidine groups is 1. The van der Waals surface area contributed by atoms with Crippen LogP contribution in [0.2, 0.25) is 0 Å². The highest BCUT2D eigenvalue weighted by Gasteiger charge is 2.13. The van der Waals surface area contributed by atoms with Crippen molar-refractivity contribution in [3.05, 3.63) is 27.3 Å². The first-order valence-electron chi connectivity index (χ1n) is 5.03. The molecule has 0 spiro atoms. The van der Waals surface area contributed by atoms with Gasteiger partial charge >= 0.3 is 0 Å². The van der Waals surface area contributed by atoms with Gasteiger partial charge in [0.2, 0.25) is 0 Å². The van der Waals surface area contributed by atoms with Gasteiger partial charge in [0.25, 0.3) is 0 Å². The summed E-state index contributed by atoms with van der Waals surface area (Å²) >= 11 is 4.17. The van der Waals surface area contributed by atoms with Crippen molar-refractivity contribution in [1.82, 2.24) is 0 Å². The molecule has 0 aromatic heterocycles. The summed E-state index contributed by atoms with van der Waals surface area (Å²) in [6.07, 6.45) is 1.19. The first-order chi connectivity index (χ1) is 7.31. The van der Waals surface area contributed by atoms with Crippen molar-refractivity contribution < 1.29 is 0 Å². The minimum Gasteiger partial charge on any atom is -0.335 e. The van der Waals surface area contributed by atoms with Crippen molar-refractivity contribution in [1.29, 1.82) is 0 Å². The van der Waals surface area contributed by atoms with E-state index in [1.807, 2.05) is 0 Å². The third-order valence-electron chi connectivity index (χ3n) is 2.18. The summed E-state index contributed by atoms with van der Waals surface area (Å²) in [5.41, 5.74) is 2.54. The lowest BCUT2D eigenvalue weighted by Crippen LogP contribution is -2.15. The molecular weight excluding hydrogens is 319 g/mol. The number of benzene rings is 1. The van der Waals surface area contributed by atoms with Crippen molar-refractivity contribution in [3.8, 4) is 0 Å². The molecular formula is C11H13IN2S. The maximum atomic E-state index is 4.53. The molecule has 0 fully saturated rings. The smallest absolute Gasteiger partial charge is 0.161 e. The summed E-state index contributed by atoms with van der Waals surface area (Å²) in [7, 11) is 0. The van der Waals surface area contributed by atoms with E-state index in [4.69, 9.17) is 0 Å². The number of hydrogen-bond acceptors (Lipinski definition) is 3. The molecule has 1 aliphatic rings. The van der Waals surface area contributed by atoms with Crippen LogP contribution in [-0.4, -0.2) is 10.9 Å². The van der Waals surface area contributed by atoms with Crippen LogP contribution in [0.25, 0.3) is 0 Å². The third kappa shape index (κ3) is 2.66. The number of aliphatic imine (C=N–C) groups is 1. The number of nitrogens with zero attached hydrogens (tertiary/aromatic N) is 1. The highest BCUT2D eigenvalue weighted by molar-refractivity contribution is 14.1. The average molecular weight is 332 g/mol. The van der Waals surface area contributed by atoms with Crippen molar-refractivity contribution in [2.75, 3.05) is 11.1 Å². The molecule has 0 radical (unpaired) electrons. The summed E-state index contributed by atoms with van der Waals surface area (Å²) < 4.78 is 1.29. The molecule has 0 bridgehead atoms. The van der Waals surface area contributed by atoms with E-state index in [0.29, 0.717) is 0 Å². The maximum absolute atomic E-state index is 4.53. The predicted molar refractivity (Wildman–Crippen MR) is 76.7 cm³/mol. The van der Waals surface area contributed by atoms with Crippen LogP contribution in [-0.2, 0) is 6.54 Å². The van der Waals surface area contributed by atoms with E-state index in [1.54, 1.807) is 11.8 Å². The van der Waals surface area contributed by atoms with Crippen LogP contribution in [0, 0.1) is 3.57 Å². The Balaban J connectivity index is 2.13. The van der Waals surface area contributed by atoms with E-state index in [2.05, 4.69) is 58.0 Å². The highest BCUT2D eigenvalue weighted by Crippen LogP contribution is 2.27. The second-order valence-electron chi connectivity index (χ2n) is 3.36. The summed E-state index contributed by atoms with van der Waals surface area (Å²) in [6, 6.07) is 6.33. The summed E-state index contributed by atoms with van der Waals surface area (Å²) in [4.78, 5) is 4.53. The van der Waals surface area contributed by atoms with E-state index < -0.39 is 0 Å². The van der Waals surface area contributed by atoms with Crippen molar-refractivity contribution in [2.24, 2.45) is 4.99 Å². The van der Waals surface area contributed by atoms with Gasteiger partial charge in [-0.15, -0.1) is 0 Å². The molecule has 0 aliphatic carbocycles. The fraction of sp³-hybridized carbons (Fsp3) is 0.364. The summed E-state index contributed by atoms with van der Waals surface area (Å²) in [5, 5.41) is 4.44. The predicted octanol–water partition coefficient (Wildman–Crippen LogP) is 3.72. The molecule has 0 saturated carbocycles. The van der Waals surface area contributed by atoms with Gasteiger partial charge in [-0.1, -0.05) is 24.8 Å². The molecule has 1 N–H and O–H groups in total. The van der Waals surface area contributed by atoms with Crippen LogP contribution in [0.5, 0.6) is 0 Å². The zero-order chi connectivity index (χ0) is 10.7. The lowest BCUT2D eigenvalue weighted by Gasteiger charge is -2.18. The van der Waals surface area contributed by atoms with Crippen molar-refractivity contribution >= 4 is 45.2 Å². The highest BCUT2D eigenvalue weighted by atomic mass is 127. The second kappa shape index (κ2) is 5.21.